The highest BCUT2D eigenvalue weighted by Gasteiger charge is 2.03. The molecule has 0 saturated heterocycles. The van der Waals surface area contributed by atoms with Crippen LogP contribution in [0.25, 0.3) is 0 Å². The minimum absolute atomic E-state index is 0.284. The Bertz CT molecular complexity index is 192. The Hall–Kier alpha value is -0.330. The van der Waals surface area contributed by atoms with E-state index in [0.29, 0.717) is 0 Å². The fourth-order valence-corrected chi connectivity index (χ4v) is 1.16. The van der Waals surface area contributed by atoms with Gasteiger partial charge in [0.2, 0.25) is 0 Å². The first-order chi connectivity index (χ1) is 5.68. The number of nitrogens with one attached hydrogen (secondary N) is 1. The van der Waals surface area contributed by atoms with Gasteiger partial charge in [-0.1, -0.05) is 12.8 Å². The first-order valence-corrected chi connectivity index (χ1v) is 5.73. The summed E-state index contributed by atoms with van der Waals surface area (Å²) in [7, 11) is -0.694. The van der Waals surface area contributed by atoms with Crippen LogP contribution in [0.4, 0.5) is 0 Å². The molecule has 0 radical (unpaired) electrons. The standard InChI is InChI=1S/C9H17NOS/c1-4-5-7-10-8-6-9(2)12(3)11/h9-10H,6-8H2,1-3H3. The van der Waals surface area contributed by atoms with Gasteiger partial charge in [-0.3, -0.25) is 4.21 Å². The minimum Gasteiger partial charge on any atom is -0.306 e. The van der Waals surface area contributed by atoms with Crippen molar-refractivity contribution in [3.63, 3.8) is 0 Å². The number of hydrogen-bond acceptors (Lipinski definition) is 2. The van der Waals surface area contributed by atoms with Gasteiger partial charge in [0.25, 0.3) is 0 Å². The van der Waals surface area contributed by atoms with Gasteiger partial charge in [0.1, 0.15) is 0 Å². The van der Waals surface area contributed by atoms with Crippen LogP contribution >= 0.6 is 0 Å². The second-order valence-corrected chi connectivity index (χ2v) is 4.50. The fraction of sp³-hybridized carbons (Fsp3) is 0.778. The topological polar surface area (TPSA) is 29.1 Å². The molecule has 0 spiro atoms. The van der Waals surface area contributed by atoms with E-state index in [-0.39, 0.29) is 5.25 Å². The second kappa shape index (κ2) is 7.33. The highest BCUT2D eigenvalue weighted by atomic mass is 32.2. The van der Waals surface area contributed by atoms with Crippen molar-refractivity contribution in [1.29, 1.82) is 0 Å². The Labute approximate surface area is 77.6 Å². The fourth-order valence-electron chi connectivity index (χ4n) is 0.711. The summed E-state index contributed by atoms with van der Waals surface area (Å²) in [4.78, 5) is 0. The molecular weight excluding hydrogens is 170 g/mol. The molecule has 3 heteroatoms. The van der Waals surface area contributed by atoms with Gasteiger partial charge in [-0.25, -0.2) is 0 Å². The van der Waals surface area contributed by atoms with Crippen molar-refractivity contribution in [3.8, 4) is 11.8 Å². The Morgan fingerprint density at radius 1 is 1.58 bits per heavy atom. The minimum atomic E-state index is -0.694. The number of rotatable bonds is 5. The molecule has 0 aliphatic carbocycles. The van der Waals surface area contributed by atoms with E-state index in [1.807, 2.05) is 13.8 Å². The predicted octanol–water partition coefficient (Wildman–Crippen LogP) is 0.756. The van der Waals surface area contributed by atoms with Gasteiger partial charge in [0, 0.05) is 22.3 Å². The smallest absolute Gasteiger partial charge is 0.0576 e. The van der Waals surface area contributed by atoms with E-state index in [1.54, 1.807) is 6.26 Å². The van der Waals surface area contributed by atoms with Crippen LogP contribution < -0.4 is 5.32 Å². The summed E-state index contributed by atoms with van der Waals surface area (Å²) in [5.74, 6) is 5.72. The average molecular weight is 187 g/mol. The predicted molar refractivity (Wildman–Crippen MR) is 54.5 cm³/mol. The van der Waals surface area contributed by atoms with Crippen LogP contribution in [0.15, 0.2) is 0 Å². The summed E-state index contributed by atoms with van der Waals surface area (Å²) >= 11 is 0. The molecule has 0 aromatic carbocycles. The molecule has 0 aliphatic rings. The van der Waals surface area contributed by atoms with Crippen LogP contribution in [0, 0.1) is 11.8 Å². The summed E-state index contributed by atoms with van der Waals surface area (Å²) in [6, 6.07) is 0. The first-order valence-electron chi connectivity index (χ1n) is 4.11. The van der Waals surface area contributed by atoms with Crippen molar-refractivity contribution >= 4 is 10.8 Å². The van der Waals surface area contributed by atoms with Crippen LogP contribution in [0.2, 0.25) is 0 Å². The molecular formula is C9H17NOS. The third-order valence-corrected chi connectivity index (χ3v) is 3.05. The highest BCUT2D eigenvalue weighted by molar-refractivity contribution is 7.84. The Balaban J connectivity index is 3.29. The molecule has 0 heterocycles. The molecule has 12 heavy (non-hydrogen) atoms. The maximum Gasteiger partial charge on any atom is 0.0576 e. The Morgan fingerprint density at radius 3 is 2.75 bits per heavy atom. The van der Waals surface area contributed by atoms with Crippen molar-refractivity contribution in [1.82, 2.24) is 5.32 Å². The van der Waals surface area contributed by atoms with Gasteiger partial charge in [-0.2, -0.15) is 0 Å². The maximum absolute atomic E-state index is 10.9. The van der Waals surface area contributed by atoms with Crippen LogP contribution in [0.5, 0.6) is 0 Å². The zero-order valence-electron chi connectivity index (χ0n) is 8.02. The monoisotopic (exact) mass is 187 g/mol. The summed E-state index contributed by atoms with van der Waals surface area (Å²) < 4.78 is 10.9. The highest BCUT2D eigenvalue weighted by Crippen LogP contribution is 1.96. The lowest BCUT2D eigenvalue weighted by Gasteiger charge is -2.06. The van der Waals surface area contributed by atoms with Crippen LogP contribution in [0.1, 0.15) is 20.3 Å². The van der Waals surface area contributed by atoms with Gasteiger partial charge in [0.05, 0.1) is 6.54 Å². The van der Waals surface area contributed by atoms with E-state index in [9.17, 15) is 4.21 Å². The molecule has 0 aromatic heterocycles. The van der Waals surface area contributed by atoms with Crippen molar-refractivity contribution in [2.24, 2.45) is 0 Å². The first kappa shape index (κ1) is 11.7. The summed E-state index contributed by atoms with van der Waals surface area (Å²) in [6.45, 7) is 5.46. The molecule has 2 nitrogen and oxygen atoms in total. The summed E-state index contributed by atoms with van der Waals surface area (Å²) in [5.41, 5.74) is 0. The molecule has 0 saturated carbocycles. The zero-order valence-corrected chi connectivity index (χ0v) is 8.83. The largest absolute Gasteiger partial charge is 0.306 e. The number of hydrogen-bond donors (Lipinski definition) is 1. The van der Waals surface area contributed by atoms with Crippen molar-refractivity contribution in [2.45, 2.75) is 25.5 Å². The molecule has 0 amide bonds. The van der Waals surface area contributed by atoms with Crippen LogP contribution in [-0.4, -0.2) is 28.8 Å². The lowest BCUT2D eigenvalue weighted by molar-refractivity contribution is 0.652. The third-order valence-electron chi connectivity index (χ3n) is 1.68. The van der Waals surface area contributed by atoms with Gasteiger partial charge >= 0.3 is 0 Å². The molecule has 70 valence electrons. The molecule has 2 unspecified atom stereocenters. The third kappa shape index (κ3) is 6.38. The van der Waals surface area contributed by atoms with E-state index in [4.69, 9.17) is 0 Å². The molecule has 1 N–H and O–H groups in total. The SMILES string of the molecule is CC#CCNCCC(C)S(C)=O. The van der Waals surface area contributed by atoms with E-state index in [1.165, 1.54) is 0 Å². The lowest BCUT2D eigenvalue weighted by atomic mass is 10.3. The molecule has 0 bridgehead atoms. The quantitative estimate of drug-likeness (QED) is 0.508. The van der Waals surface area contributed by atoms with E-state index in [2.05, 4.69) is 17.2 Å². The van der Waals surface area contributed by atoms with Crippen LogP contribution in [-0.2, 0) is 10.8 Å². The van der Waals surface area contributed by atoms with Crippen molar-refractivity contribution < 1.29 is 4.21 Å². The van der Waals surface area contributed by atoms with E-state index < -0.39 is 10.8 Å². The van der Waals surface area contributed by atoms with Crippen molar-refractivity contribution in [2.75, 3.05) is 19.3 Å². The molecule has 0 aliphatic heterocycles. The Morgan fingerprint density at radius 2 is 2.25 bits per heavy atom. The summed E-state index contributed by atoms with van der Waals surface area (Å²) in [5, 5.41) is 3.45. The Kier molecular flexibility index (Phi) is 7.12. The van der Waals surface area contributed by atoms with Gasteiger partial charge in [-0.15, -0.1) is 5.92 Å². The normalized spacial score (nSPS) is 14.6. The van der Waals surface area contributed by atoms with E-state index >= 15 is 0 Å². The second-order valence-electron chi connectivity index (χ2n) is 2.70. The maximum atomic E-state index is 10.9. The average Bonchev–Trinajstić information content (AvgIpc) is 2.03. The molecule has 0 rings (SSSR count). The van der Waals surface area contributed by atoms with Gasteiger partial charge in [0.15, 0.2) is 0 Å². The molecule has 0 aromatic rings. The van der Waals surface area contributed by atoms with Gasteiger partial charge < -0.3 is 5.32 Å². The lowest BCUT2D eigenvalue weighted by Crippen LogP contribution is -2.21. The molecule has 0 fully saturated rings. The van der Waals surface area contributed by atoms with Crippen LogP contribution in [0.3, 0.4) is 0 Å². The molecule has 2 atom stereocenters. The van der Waals surface area contributed by atoms with Crippen molar-refractivity contribution in [3.05, 3.63) is 0 Å². The zero-order chi connectivity index (χ0) is 9.40. The van der Waals surface area contributed by atoms with E-state index in [0.717, 1.165) is 19.5 Å². The summed E-state index contributed by atoms with van der Waals surface area (Å²) in [6.07, 6.45) is 2.70. The van der Waals surface area contributed by atoms with Gasteiger partial charge in [-0.05, 0) is 19.9 Å².